The summed E-state index contributed by atoms with van der Waals surface area (Å²) in [5.41, 5.74) is 2.60. The Kier molecular flexibility index (Phi) is 6.84. The molecular formula is C23H30N2O. The molecule has 1 aliphatic heterocycles. The summed E-state index contributed by atoms with van der Waals surface area (Å²) in [6.45, 7) is 5.13. The third-order valence-electron chi connectivity index (χ3n) is 5.41. The number of hydrogen-bond donors (Lipinski definition) is 1. The van der Waals surface area contributed by atoms with Gasteiger partial charge >= 0.3 is 0 Å². The summed E-state index contributed by atoms with van der Waals surface area (Å²) in [7, 11) is 0. The first-order valence-corrected chi connectivity index (χ1v) is 9.81. The average molecular weight is 351 g/mol. The summed E-state index contributed by atoms with van der Waals surface area (Å²) in [6, 6.07) is 21.0. The maximum absolute atomic E-state index is 12.2. The van der Waals surface area contributed by atoms with Crippen LogP contribution in [0.3, 0.4) is 0 Å². The van der Waals surface area contributed by atoms with Gasteiger partial charge in [-0.25, -0.2) is 0 Å². The quantitative estimate of drug-likeness (QED) is 0.811. The molecule has 0 spiro atoms. The Hall–Kier alpha value is -2.13. The van der Waals surface area contributed by atoms with Gasteiger partial charge in [0.2, 0.25) is 5.91 Å². The van der Waals surface area contributed by atoms with Crippen LogP contribution in [0.25, 0.3) is 0 Å². The van der Waals surface area contributed by atoms with E-state index in [0.717, 1.165) is 31.1 Å². The number of nitrogens with one attached hydrogen (secondary N) is 1. The number of carbonyl (C=O) groups is 1. The van der Waals surface area contributed by atoms with Crippen molar-refractivity contribution in [1.82, 2.24) is 10.2 Å². The molecule has 1 fully saturated rings. The topological polar surface area (TPSA) is 32.3 Å². The normalized spacial score (nSPS) is 17.0. The molecule has 3 rings (SSSR count). The van der Waals surface area contributed by atoms with E-state index >= 15 is 0 Å². The van der Waals surface area contributed by atoms with Crippen LogP contribution >= 0.6 is 0 Å². The molecule has 1 N–H and O–H groups in total. The molecule has 1 saturated heterocycles. The number of piperidine rings is 1. The number of amides is 1. The molecule has 2 aromatic rings. The predicted molar refractivity (Wildman–Crippen MR) is 107 cm³/mol. The molecule has 0 aliphatic carbocycles. The van der Waals surface area contributed by atoms with Gasteiger partial charge < -0.3 is 10.2 Å². The van der Waals surface area contributed by atoms with Crippen molar-refractivity contribution in [2.24, 2.45) is 5.92 Å². The van der Waals surface area contributed by atoms with Crippen LogP contribution in [0, 0.1) is 5.92 Å². The van der Waals surface area contributed by atoms with Crippen molar-refractivity contribution in [2.75, 3.05) is 19.6 Å². The van der Waals surface area contributed by atoms with E-state index in [-0.39, 0.29) is 11.9 Å². The van der Waals surface area contributed by atoms with Crippen LogP contribution in [0.15, 0.2) is 60.7 Å². The smallest absolute Gasteiger partial charge is 0.221 e. The van der Waals surface area contributed by atoms with Crippen LogP contribution in [-0.4, -0.2) is 30.4 Å². The predicted octanol–water partition coefficient (Wildman–Crippen LogP) is 4.21. The standard InChI is InChI=1S/C23H30N2O/c1-19(22-10-6-3-7-11-22)24-23(26)14-17-25-15-12-21(13-16-25)18-20-8-4-2-5-9-20/h2-11,19,21H,12-18H2,1H3,(H,24,26)/t19-/m0/s1. The zero-order valence-electron chi connectivity index (χ0n) is 15.7. The lowest BCUT2D eigenvalue weighted by Crippen LogP contribution is -2.37. The highest BCUT2D eigenvalue weighted by Crippen LogP contribution is 2.21. The Morgan fingerprint density at radius 3 is 2.31 bits per heavy atom. The van der Waals surface area contributed by atoms with E-state index in [4.69, 9.17) is 0 Å². The Balaban J connectivity index is 1.35. The molecule has 3 nitrogen and oxygen atoms in total. The fourth-order valence-corrected chi connectivity index (χ4v) is 3.76. The molecule has 138 valence electrons. The van der Waals surface area contributed by atoms with E-state index in [2.05, 4.69) is 52.7 Å². The van der Waals surface area contributed by atoms with Gasteiger partial charge in [-0.2, -0.15) is 0 Å². The first-order chi connectivity index (χ1) is 12.7. The Morgan fingerprint density at radius 2 is 1.65 bits per heavy atom. The highest BCUT2D eigenvalue weighted by atomic mass is 16.1. The number of carbonyl (C=O) groups excluding carboxylic acids is 1. The number of nitrogens with zero attached hydrogens (tertiary/aromatic N) is 1. The summed E-state index contributed by atoms with van der Waals surface area (Å²) >= 11 is 0. The third-order valence-corrected chi connectivity index (χ3v) is 5.41. The van der Waals surface area contributed by atoms with Gasteiger partial charge in [-0.05, 0) is 56.3 Å². The highest BCUT2D eigenvalue weighted by molar-refractivity contribution is 5.76. The van der Waals surface area contributed by atoms with Gasteiger partial charge in [-0.3, -0.25) is 4.79 Å². The fraction of sp³-hybridized carbons (Fsp3) is 0.435. The van der Waals surface area contributed by atoms with Crippen molar-refractivity contribution in [3.8, 4) is 0 Å². The Bertz CT molecular complexity index is 663. The van der Waals surface area contributed by atoms with Crippen molar-refractivity contribution in [2.45, 2.75) is 38.6 Å². The molecule has 0 bridgehead atoms. The molecule has 1 atom stereocenters. The van der Waals surface area contributed by atoms with Crippen molar-refractivity contribution >= 4 is 5.91 Å². The molecule has 0 saturated carbocycles. The molecule has 0 radical (unpaired) electrons. The minimum absolute atomic E-state index is 0.0697. The van der Waals surface area contributed by atoms with Gasteiger partial charge in [0.05, 0.1) is 6.04 Å². The second-order valence-electron chi connectivity index (χ2n) is 7.42. The highest BCUT2D eigenvalue weighted by Gasteiger charge is 2.20. The number of rotatable bonds is 7. The molecule has 0 unspecified atom stereocenters. The second kappa shape index (κ2) is 9.54. The average Bonchev–Trinajstić information content (AvgIpc) is 2.69. The SMILES string of the molecule is C[C@H](NC(=O)CCN1CCC(Cc2ccccc2)CC1)c1ccccc1. The minimum Gasteiger partial charge on any atom is -0.350 e. The summed E-state index contributed by atoms with van der Waals surface area (Å²) in [4.78, 5) is 14.7. The van der Waals surface area contributed by atoms with E-state index in [9.17, 15) is 4.79 Å². The zero-order valence-corrected chi connectivity index (χ0v) is 15.7. The van der Waals surface area contributed by atoms with Crippen molar-refractivity contribution in [3.63, 3.8) is 0 Å². The first kappa shape index (κ1) is 18.7. The Labute approximate surface area is 157 Å². The summed E-state index contributed by atoms with van der Waals surface area (Å²) in [6.07, 6.45) is 4.23. The lowest BCUT2D eigenvalue weighted by atomic mass is 9.90. The fourth-order valence-electron chi connectivity index (χ4n) is 3.76. The second-order valence-corrected chi connectivity index (χ2v) is 7.42. The van der Waals surface area contributed by atoms with Gasteiger partial charge in [-0.15, -0.1) is 0 Å². The minimum atomic E-state index is 0.0697. The molecule has 1 heterocycles. The molecule has 1 aliphatic rings. The zero-order chi connectivity index (χ0) is 18.2. The van der Waals surface area contributed by atoms with E-state index in [0.29, 0.717) is 6.42 Å². The number of likely N-dealkylation sites (tertiary alicyclic amines) is 1. The molecule has 26 heavy (non-hydrogen) atoms. The van der Waals surface area contributed by atoms with Crippen LogP contribution in [0.4, 0.5) is 0 Å². The molecule has 1 amide bonds. The Morgan fingerprint density at radius 1 is 1.04 bits per heavy atom. The van der Waals surface area contributed by atoms with E-state index in [1.54, 1.807) is 0 Å². The van der Waals surface area contributed by atoms with E-state index in [1.165, 1.54) is 24.8 Å². The largest absolute Gasteiger partial charge is 0.350 e. The van der Waals surface area contributed by atoms with E-state index < -0.39 is 0 Å². The molecular weight excluding hydrogens is 320 g/mol. The van der Waals surface area contributed by atoms with Crippen molar-refractivity contribution in [1.29, 1.82) is 0 Å². The summed E-state index contributed by atoms with van der Waals surface area (Å²) < 4.78 is 0. The molecule has 0 aromatic heterocycles. The van der Waals surface area contributed by atoms with Gasteiger partial charge in [0.25, 0.3) is 0 Å². The van der Waals surface area contributed by atoms with Crippen LogP contribution in [0.1, 0.15) is 43.4 Å². The van der Waals surface area contributed by atoms with Crippen LogP contribution < -0.4 is 5.32 Å². The number of hydrogen-bond acceptors (Lipinski definition) is 2. The number of benzene rings is 2. The van der Waals surface area contributed by atoms with Crippen LogP contribution in [0.2, 0.25) is 0 Å². The van der Waals surface area contributed by atoms with Crippen LogP contribution in [0.5, 0.6) is 0 Å². The maximum atomic E-state index is 12.2. The molecule has 2 aromatic carbocycles. The van der Waals surface area contributed by atoms with Gasteiger partial charge in [0, 0.05) is 13.0 Å². The van der Waals surface area contributed by atoms with Gasteiger partial charge in [-0.1, -0.05) is 60.7 Å². The monoisotopic (exact) mass is 350 g/mol. The first-order valence-electron chi connectivity index (χ1n) is 9.81. The van der Waals surface area contributed by atoms with Crippen LogP contribution in [-0.2, 0) is 11.2 Å². The maximum Gasteiger partial charge on any atom is 0.221 e. The third kappa shape index (κ3) is 5.70. The summed E-state index contributed by atoms with van der Waals surface area (Å²) in [5.74, 6) is 0.924. The van der Waals surface area contributed by atoms with Gasteiger partial charge in [0.1, 0.15) is 0 Å². The lowest BCUT2D eigenvalue weighted by molar-refractivity contribution is -0.122. The molecule has 3 heteroatoms. The van der Waals surface area contributed by atoms with Gasteiger partial charge in [0.15, 0.2) is 0 Å². The lowest BCUT2D eigenvalue weighted by Gasteiger charge is -2.32. The van der Waals surface area contributed by atoms with Crippen molar-refractivity contribution < 1.29 is 4.79 Å². The summed E-state index contributed by atoms with van der Waals surface area (Å²) in [5, 5.41) is 3.11. The van der Waals surface area contributed by atoms with E-state index in [1.807, 2.05) is 25.1 Å². The van der Waals surface area contributed by atoms with Crippen molar-refractivity contribution in [3.05, 3.63) is 71.8 Å².